The first-order chi connectivity index (χ1) is 10.5. The molecule has 5 heteroatoms. The van der Waals surface area contributed by atoms with Crippen molar-refractivity contribution in [3.63, 3.8) is 0 Å². The Morgan fingerprint density at radius 2 is 1.45 bits per heavy atom. The van der Waals surface area contributed by atoms with Gasteiger partial charge in [0.15, 0.2) is 5.78 Å². The van der Waals surface area contributed by atoms with E-state index in [0.717, 1.165) is 0 Å². The van der Waals surface area contributed by atoms with Crippen LogP contribution in [0.15, 0.2) is 54.6 Å². The van der Waals surface area contributed by atoms with Gasteiger partial charge in [-0.25, -0.2) is 0 Å². The molecule has 0 saturated carbocycles. The lowest BCUT2D eigenvalue weighted by Gasteiger charge is -2.25. The number of carboxylic acids is 1. The van der Waals surface area contributed by atoms with Crippen molar-refractivity contribution in [3.8, 4) is 0 Å². The third kappa shape index (κ3) is 2.77. The molecule has 0 spiro atoms. The molecule has 0 bridgehead atoms. The average molecular weight is 300 g/mol. The highest BCUT2D eigenvalue weighted by Gasteiger charge is 2.39. The summed E-state index contributed by atoms with van der Waals surface area (Å²) in [5, 5.41) is 28.2. The molecule has 2 rings (SSSR count). The van der Waals surface area contributed by atoms with Crippen LogP contribution in [-0.4, -0.2) is 40.3 Å². The maximum absolute atomic E-state index is 12.4. The Bertz CT molecular complexity index is 674. The first-order valence-corrected chi connectivity index (χ1v) is 6.70. The molecule has 0 aliphatic heterocycles. The van der Waals surface area contributed by atoms with Crippen LogP contribution in [0.25, 0.3) is 0 Å². The monoisotopic (exact) mass is 300 g/mol. The molecule has 0 heterocycles. The van der Waals surface area contributed by atoms with E-state index in [-0.39, 0.29) is 11.3 Å². The molecule has 0 fully saturated rings. The van der Waals surface area contributed by atoms with Gasteiger partial charge in [0.05, 0.1) is 13.2 Å². The predicted molar refractivity (Wildman–Crippen MR) is 79.8 cm³/mol. The zero-order valence-corrected chi connectivity index (χ0v) is 11.8. The van der Waals surface area contributed by atoms with E-state index in [2.05, 4.69) is 0 Å². The highest BCUT2D eigenvalue weighted by molar-refractivity contribution is 6.09. The van der Waals surface area contributed by atoms with E-state index in [0.29, 0.717) is 11.1 Å². The Kier molecular flexibility index (Phi) is 4.70. The molecule has 0 radical (unpaired) electrons. The van der Waals surface area contributed by atoms with E-state index in [9.17, 15) is 24.9 Å². The summed E-state index contributed by atoms with van der Waals surface area (Å²) in [7, 11) is 0. The molecule has 0 unspecified atom stereocenters. The molecule has 0 atom stereocenters. The second-order valence-electron chi connectivity index (χ2n) is 4.98. The number of aliphatic carboxylic acids is 1. The fraction of sp³-hybridized carbons (Fsp3) is 0.176. The largest absolute Gasteiger partial charge is 0.480 e. The predicted octanol–water partition coefficient (Wildman–Crippen LogP) is 1.22. The molecule has 0 saturated heterocycles. The van der Waals surface area contributed by atoms with E-state index in [1.54, 1.807) is 36.4 Å². The standard InChI is InChI=1S/C17H16O5/c18-10-17(11-19,16(21)22)14-8-4-7-13(9-14)15(20)12-5-2-1-3-6-12/h1-9,18-19H,10-11H2,(H,21,22). The minimum absolute atomic E-state index is 0.187. The van der Waals surface area contributed by atoms with Crippen molar-refractivity contribution in [3.05, 3.63) is 71.3 Å². The molecule has 114 valence electrons. The van der Waals surface area contributed by atoms with Crippen LogP contribution in [-0.2, 0) is 10.2 Å². The van der Waals surface area contributed by atoms with Gasteiger partial charge >= 0.3 is 5.97 Å². The van der Waals surface area contributed by atoms with E-state index in [1.807, 2.05) is 0 Å². The molecule has 0 aliphatic rings. The topological polar surface area (TPSA) is 94.8 Å². The van der Waals surface area contributed by atoms with Crippen LogP contribution < -0.4 is 0 Å². The van der Waals surface area contributed by atoms with Crippen LogP contribution >= 0.6 is 0 Å². The highest BCUT2D eigenvalue weighted by atomic mass is 16.4. The van der Waals surface area contributed by atoms with Gasteiger partial charge in [0.1, 0.15) is 5.41 Å². The zero-order chi connectivity index (χ0) is 16.2. The normalized spacial score (nSPS) is 11.2. The van der Waals surface area contributed by atoms with Crippen molar-refractivity contribution in [2.45, 2.75) is 5.41 Å². The number of ketones is 1. The van der Waals surface area contributed by atoms with Gasteiger partial charge < -0.3 is 15.3 Å². The first-order valence-electron chi connectivity index (χ1n) is 6.70. The van der Waals surface area contributed by atoms with Crippen LogP contribution in [0.3, 0.4) is 0 Å². The lowest BCUT2D eigenvalue weighted by molar-refractivity contribution is -0.147. The molecule has 0 aromatic heterocycles. The molecule has 2 aromatic rings. The van der Waals surface area contributed by atoms with Crippen LogP contribution in [0, 0.1) is 0 Å². The zero-order valence-electron chi connectivity index (χ0n) is 11.8. The van der Waals surface area contributed by atoms with Crippen molar-refractivity contribution < 1.29 is 24.9 Å². The summed E-state index contributed by atoms with van der Waals surface area (Å²) in [6, 6.07) is 14.6. The molecule has 22 heavy (non-hydrogen) atoms. The number of hydrogen-bond donors (Lipinski definition) is 3. The van der Waals surface area contributed by atoms with Crippen molar-refractivity contribution in [1.29, 1.82) is 0 Å². The minimum atomic E-state index is -1.83. The SMILES string of the molecule is O=C(c1ccccc1)c1cccc(C(CO)(CO)C(=O)O)c1. The van der Waals surface area contributed by atoms with Gasteiger partial charge in [0, 0.05) is 11.1 Å². The lowest BCUT2D eigenvalue weighted by Crippen LogP contribution is -2.43. The van der Waals surface area contributed by atoms with Gasteiger partial charge in [-0.2, -0.15) is 0 Å². The van der Waals surface area contributed by atoms with Gasteiger partial charge in [0.2, 0.25) is 0 Å². The highest BCUT2D eigenvalue weighted by Crippen LogP contribution is 2.25. The van der Waals surface area contributed by atoms with Crippen molar-refractivity contribution >= 4 is 11.8 Å². The fourth-order valence-electron chi connectivity index (χ4n) is 2.21. The summed E-state index contributed by atoms with van der Waals surface area (Å²) in [5.41, 5.74) is -0.857. The quantitative estimate of drug-likeness (QED) is 0.697. The van der Waals surface area contributed by atoms with Crippen molar-refractivity contribution in [2.24, 2.45) is 0 Å². The molecule has 3 N–H and O–H groups in total. The fourth-order valence-corrected chi connectivity index (χ4v) is 2.21. The molecule has 0 amide bonds. The van der Waals surface area contributed by atoms with Crippen LogP contribution in [0.5, 0.6) is 0 Å². The third-order valence-electron chi connectivity index (χ3n) is 3.66. The number of aliphatic hydroxyl groups is 2. The number of aliphatic hydroxyl groups excluding tert-OH is 2. The van der Waals surface area contributed by atoms with Crippen molar-refractivity contribution in [2.75, 3.05) is 13.2 Å². The summed E-state index contributed by atoms with van der Waals surface area (Å²) in [4.78, 5) is 23.8. The van der Waals surface area contributed by atoms with Gasteiger partial charge in [0.25, 0.3) is 0 Å². The summed E-state index contributed by atoms with van der Waals surface area (Å²) in [5.74, 6) is -1.60. The molecule has 5 nitrogen and oxygen atoms in total. The van der Waals surface area contributed by atoms with Crippen LogP contribution in [0.1, 0.15) is 21.5 Å². The number of carboxylic acid groups (broad SMARTS) is 1. The first kappa shape index (κ1) is 15.9. The Morgan fingerprint density at radius 3 is 2.00 bits per heavy atom. The van der Waals surface area contributed by atoms with Gasteiger partial charge in [-0.15, -0.1) is 0 Å². The molecule has 0 aliphatic carbocycles. The van der Waals surface area contributed by atoms with Gasteiger partial charge in [-0.3, -0.25) is 9.59 Å². The van der Waals surface area contributed by atoms with E-state index in [4.69, 9.17) is 0 Å². The van der Waals surface area contributed by atoms with E-state index < -0.39 is 24.6 Å². The van der Waals surface area contributed by atoms with Crippen LogP contribution in [0.4, 0.5) is 0 Å². The summed E-state index contributed by atoms with van der Waals surface area (Å²) in [6.07, 6.45) is 0. The second-order valence-corrected chi connectivity index (χ2v) is 4.98. The number of rotatable bonds is 6. The third-order valence-corrected chi connectivity index (χ3v) is 3.66. The van der Waals surface area contributed by atoms with Crippen LogP contribution in [0.2, 0.25) is 0 Å². The maximum Gasteiger partial charge on any atom is 0.318 e. The smallest absolute Gasteiger partial charge is 0.318 e. The number of carbonyl (C=O) groups excluding carboxylic acids is 1. The lowest BCUT2D eigenvalue weighted by atomic mass is 9.81. The van der Waals surface area contributed by atoms with E-state index in [1.165, 1.54) is 18.2 Å². The van der Waals surface area contributed by atoms with Gasteiger partial charge in [-0.05, 0) is 11.6 Å². The summed E-state index contributed by atoms with van der Waals surface area (Å²) in [6.45, 7) is -1.52. The van der Waals surface area contributed by atoms with Gasteiger partial charge in [-0.1, -0.05) is 48.5 Å². The van der Waals surface area contributed by atoms with Crippen molar-refractivity contribution in [1.82, 2.24) is 0 Å². The number of hydrogen-bond acceptors (Lipinski definition) is 4. The molecular weight excluding hydrogens is 284 g/mol. The minimum Gasteiger partial charge on any atom is -0.480 e. The number of carbonyl (C=O) groups is 2. The second kappa shape index (κ2) is 6.51. The average Bonchev–Trinajstić information content (AvgIpc) is 2.56. The van der Waals surface area contributed by atoms with E-state index >= 15 is 0 Å². The summed E-state index contributed by atoms with van der Waals surface area (Å²) < 4.78 is 0. The number of benzene rings is 2. The Hall–Kier alpha value is -2.50. The maximum atomic E-state index is 12.4. The Morgan fingerprint density at radius 1 is 0.864 bits per heavy atom. The summed E-state index contributed by atoms with van der Waals surface area (Å²) >= 11 is 0. The molecular formula is C17H16O5. The Labute approximate surface area is 127 Å². The molecule has 2 aromatic carbocycles. The Balaban J connectivity index is 2.46.